The highest BCUT2D eigenvalue weighted by atomic mass is 32.2. The van der Waals surface area contributed by atoms with Gasteiger partial charge in [0.15, 0.2) is 5.41 Å². The molecule has 1 aliphatic carbocycles. The SMILES string of the molecule is COC(=O)C1(C#N)C/C1=C\N(c1ccccc1)S(=O)(=O)c1ccc(C)cc1. The Kier molecular flexibility index (Phi) is 4.77. The second-order valence-corrected chi connectivity index (χ2v) is 8.10. The van der Waals surface area contributed by atoms with E-state index in [0.29, 0.717) is 11.3 Å². The highest BCUT2D eigenvalue weighted by Crippen LogP contribution is 2.53. The molecule has 0 saturated heterocycles. The van der Waals surface area contributed by atoms with Crippen molar-refractivity contribution in [2.45, 2.75) is 18.2 Å². The summed E-state index contributed by atoms with van der Waals surface area (Å²) >= 11 is 0. The number of ether oxygens (including phenoxy) is 1. The summed E-state index contributed by atoms with van der Waals surface area (Å²) in [6, 6.07) is 17.0. The number of para-hydroxylation sites is 1. The molecule has 1 atom stereocenters. The minimum Gasteiger partial charge on any atom is -0.468 e. The van der Waals surface area contributed by atoms with Crippen molar-refractivity contribution < 1.29 is 17.9 Å². The van der Waals surface area contributed by atoms with Crippen molar-refractivity contribution in [3.8, 4) is 6.07 Å². The van der Waals surface area contributed by atoms with Crippen LogP contribution in [0.1, 0.15) is 12.0 Å². The zero-order valence-electron chi connectivity index (χ0n) is 14.9. The van der Waals surface area contributed by atoms with E-state index in [1.54, 1.807) is 42.5 Å². The molecule has 0 heterocycles. The van der Waals surface area contributed by atoms with Crippen LogP contribution in [0.5, 0.6) is 0 Å². The maximum absolute atomic E-state index is 13.2. The third kappa shape index (κ3) is 3.32. The van der Waals surface area contributed by atoms with Crippen molar-refractivity contribution in [2.75, 3.05) is 11.4 Å². The molecular formula is C20H18N2O4S. The average molecular weight is 382 g/mol. The van der Waals surface area contributed by atoms with Crippen LogP contribution < -0.4 is 4.31 Å². The van der Waals surface area contributed by atoms with Gasteiger partial charge in [0.1, 0.15) is 0 Å². The lowest BCUT2D eigenvalue weighted by Crippen LogP contribution is -2.26. The van der Waals surface area contributed by atoms with Crippen LogP contribution in [0, 0.1) is 23.7 Å². The van der Waals surface area contributed by atoms with E-state index in [1.807, 2.05) is 13.0 Å². The molecule has 138 valence electrons. The fraction of sp³-hybridized carbons (Fsp3) is 0.200. The van der Waals surface area contributed by atoms with Gasteiger partial charge in [0.2, 0.25) is 0 Å². The van der Waals surface area contributed by atoms with E-state index in [2.05, 4.69) is 0 Å². The molecule has 2 aromatic rings. The van der Waals surface area contributed by atoms with E-state index < -0.39 is 21.4 Å². The van der Waals surface area contributed by atoms with Crippen LogP contribution in [0.4, 0.5) is 5.69 Å². The standard InChI is InChI=1S/C20H18N2O4S/c1-15-8-10-18(11-9-15)27(24,25)22(17-6-4-3-5-7-17)13-16-12-20(16,14-21)19(23)26-2/h3-11,13H,12H2,1-2H3/b16-13+. The van der Waals surface area contributed by atoms with Crippen molar-refractivity contribution in [2.24, 2.45) is 5.41 Å². The largest absolute Gasteiger partial charge is 0.468 e. The zero-order chi connectivity index (χ0) is 19.7. The van der Waals surface area contributed by atoms with Crippen molar-refractivity contribution in [1.29, 1.82) is 5.26 Å². The van der Waals surface area contributed by atoms with Gasteiger partial charge in [-0.2, -0.15) is 5.26 Å². The highest BCUT2D eigenvalue weighted by molar-refractivity contribution is 7.93. The van der Waals surface area contributed by atoms with Crippen LogP contribution in [-0.4, -0.2) is 21.5 Å². The summed E-state index contributed by atoms with van der Waals surface area (Å²) in [7, 11) is -2.72. The lowest BCUT2D eigenvalue weighted by Gasteiger charge is -2.21. The Balaban J connectivity index is 2.09. The number of aryl methyl sites for hydroxylation is 1. The first-order chi connectivity index (χ1) is 12.8. The van der Waals surface area contributed by atoms with E-state index in [9.17, 15) is 18.5 Å². The van der Waals surface area contributed by atoms with Gasteiger partial charge in [-0.25, -0.2) is 17.5 Å². The second kappa shape index (κ2) is 6.89. The number of hydrogen-bond acceptors (Lipinski definition) is 5. The number of methoxy groups -OCH3 is 1. The number of esters is 1. The average Bonchev–Trinajstić information content (AvgIpc) is 3.41. The molecule has 1 aliphatic rings. The summed E-state index contributed by atoms with van der Waals surface area (Å²) in [4.78, 5) is 12.1. The highest BCUT2D eigenvalue weighted by Gasteiger charge is 2.58. The Morgan fingerprint density at radius 2 is 1.81 bits per heavy atom. The molecule has 6 nitrogen and oxygen atoms in total. The van der Waals surface area contributed by atoms with E-state index >= 15 is 0 Å². The third-order valence-electron chi connectivity index (χ3n) is 4.47. The summed E-state index contributed by atoms with van der Waals surface area (Å²) in [5.41, 5.74) is 0.338. The van der Waals surface area contributed by atoms with E-state index in [0.717, 1.165) is 9.87 Å². The minimum atomic E-state index is -3.92. The van der Waals surface area contributed by atoms with Gasteiger partial charge in [-0.15, -0.1) is 0 Å². The van der Waals surface area contributed by atoms with Crippen molar-refractivity contribution >= 4 is 21.7 Å². The predicted octanol–water partition coefficient (Wildman–Crippen LogP) is 3.16. The first kappa shape index (κ1) is 18.7. The predicted molar refractivity (Wildman–Crippen MR) is 100 cm³/mol. The molecule has 27 heavy (non-hydrogen) atoms. The molecule has 0 aliphatic heterocycles. The fourth-order valence-corrected chi connectivity index (χ4v) is 4.13. The summed E-state index contributed by atoms with van der Waals surface area (Å²) < 4.78 is 32.3. The van der Waals surface area contributed by atoms with Gasteiger partial charge >= 0.3 is 5.97 Å². The number of carbonyl (C=O) groups excluding carboxylic acids is 1. The Labute approximate surface area is 158 Å². The maximum atomic E-state index is 13.2. The van der Waals surface area contributed by atoms with Crippen LogP contribution in [0.15, 0.2) is 71.3 Å². The molecule has 0 amide bonds. The van der Waals surface area contributed by atoms with Crippen LogP contribution in [-0.2, 0) is 19.6 Å². The van der Waals surface area contributed by atoms with Gasteiger partial charge in [0.25, 0.3) is 10.0 Å². The van der Waals surface area contributed by atoms with Gasteiger partial charge in [-0.1, -0.05) is 35.9 Å². The number of benzene rings is 2. The number of hydrogen-bond donors (Lipinski definition) is 0. The Bertz CT molecular complexity index is 1040. The quantitative estimate of drug-likeness (QED) is 0.741. The molecule has 0 aromatic heterocycles. The van der Waals surface area contributed by atoms with Gasteiger partial charge in [-0.05, 0) is 36.8 Å². The summed E-state index contributed by atoms with van der Waals surface area (Å²) in [6.07, 6.45) is 1.49. The molecule has 0 spiro atoms. The molecule has 1 unspecified atom stereocenters. The maximum Gasteiger partial charge on any atom is 0.330 e. The van der Waals surface area contributed by atoms with E-state index in [4.69, 9.17) is 4.74 Å². The lowest BCUT2D eigenvalue weighted by atomic mass is 10.1. The van der Waals surface area contributed by atoms with Gasteiger partial charge in [0, 0.05) is 12.6 Å². The normalized spacial score (nSPS) is 20.0. The topological polar surface area (TPSA) is 87.5 Å². The molecule has 0 radical (unpaired) electrons. The van der Waals surface area contributed by atoms with Crippen LogP contribution in [0.3, 0.4) is 0 Å². The van der Waals surface area contributed by atoms with E-state index in [-0.39, 0.29) is 11.3 Å². The summed E-state index contributed by atoms with van der Waals surface area (Å²) in [5, 5.41) is 9.40. The van der Waals surface area contributed by atoms with Crippen molar-refractivity contribution in [3.05, 3.63) is 71.9 Å². The van der Waals surface area contributed by atoms with Crippen LogP contribution in [0.25, 0.3) is 0 Å². The van der Waals surface area contributed by atoms with Gasteiger partial charge in [-0.3, -0.25) is 0 Å². The lowest BCUT2D eigenvalue weighted by molar-refractivity contribution is -0.144. The molecule has 0 N–H and O–H groups in total. The van der Waals surface area contributed by atoms with Gasteiger partial charge in [0.05, 0.1) is 23.8 Å². The molecule has 3 rings (SSSR count). The zero-order valence-corrected chi connectivity index (χ0v) is 15.7. The number of nitriles is 1. The number of sulfonamides is 1. The first-order valence-corrected chi connectivity index (χ1v) is 9.66. The summed E-state index contributed by atoms with van der Waals surface area (Å²) in [6.45, 7) is 1.87. The molecule has 0 bridgehead atoms. The molecule has 7 heteroatoms. The third-order valence-corrected chi connectivity index (χ3v) is 6.17. The van der Waals surface area contributed by atoms with Crippen LogP contribution in [0.2, 0.25) is 0 Å². The van der Waals surface area contributed by atoms with Crippen molar-refractivity contribution in [1.82, 2.24) is 0 Å². The first-order valence-electron chi connectivity index (χ1n) is 8.22. The second-order valence-electron chi connectivity index (χ2n) is 6.29. The molecule has 1 fully saturated rings. The Morgan fingerprint density at radius 3 is 2.37 bits per heavy atom. The van der Waals surface area contributed by atoms with Crippen LogP contribution >= 0.6 is 0 Å². The van der Waals surface area contributed by atoms with E-state index in [1.165, 1.54) is 25.4 Å². The van der Waals surface area contributed by atoms with Crippen molar-refractivity contribution in [3.63, 3.8) is 0 Å². The fourth-order valence-electron chi connectivity index (χ4n) is 2.75. The minimum absolute atomic E-state index is 0.120. The monoisotopic (exact) mass is 382 g/mol. The smallest absolute Gasteiger partial charge is 0.330 e. The summed E-state index contributed by atoms with van der Waals surface area (Å²) in [5.74, 6) is -0.683. The Morgan fingerprint density at radius 1 is 1.19 bits per heavy atom. The van der Waals surface area contributed by atoms with Gasteiger partial charge < -0.3 is 4.74 Å². The molecule has 2 aromatic carbocycles. The number of rotatable bonds is 5. The number of carbonyl (C=O) groups is 1. The number of anilines is 1. The molecular weight excluding hydrogens is 364 g/mol. The molecule has 1 saturated carbocycles. The number of nitrogens with zero attached hydrogens (tertiary/aromatic N) is 2. The Hall–Kier alpha value is -3.11.